The summed E-state index contributed by atoms with van der Waals surface area (Å²) in [5.41, 5.74) is 9.44. The molecule has 2 aromatic carbocycles. The first-order valence-corrected chi connectivity index (χ1v) is 11.9. The number of aryl methyl sites for hydroxylation is 1. The second-order valence-electron chi connectivity index (χ2n) is 8.55. The van der Waals surface area contributed by atoms with Crippen LogP contribution in [0.15, 0.2) is 79.0 Å². The Morgan fingerprint density at radius 3 is 2.56 bits per heavy atom. The molecule has 0 atom stereocenters. The number of hydrogen-bond donors (Lipinski definition) is 2. The summed E-state index contributed by atoms with van der Waals surface area (Å²) in [6.07, 6.45) is 15.9. The van der Waals surface area contributed by atoms with Gasteiger partial charge in [0.05, 0.1) is 0 Å². The number of nitrogens with zero attached hydrogens (tertiary/aromatic N) is 1. The van der Waals surface area contributed by atoms with E-state index in [-0.39, 0.29) is 0 Å². The highest BCUT2D eigenvalue weighted by Crippen LogP contribution is 2.29. The minimum absolute atomic E-state index is 0.705. The van der Waals surface area contributed by atoms with Crippen LogP contribution in [-0.2, 0) is 6.54 Å². The van der Waals surface area contributed by atoms with E-state index in [0.29, 0.717) is 6.54 Å². The summed E-state index contributed by atoms with van der Waals surface area (Å²) >= 11 is 0. The molecule has 0 fully saturated rings. The van der Waals surface area contributed by atoms with Crippen LogP contribution in [-0.4, -0.2) is 11.2 Å². The highest BCUT2D eigenvalue weighted by molar-refractivity contribution is 5.82. The first-order chi connectivity index (χ1) is 16.5. The lowest BCUT2D eigenvalue weighted by atomic mass is 9.97. The molecule has 0 amide bonds. The molecule has 3 aromatic rings. The molecule has 3 rings (SSSR count). The number of aromatic nitrogens is 1. The Labute approximate surface area is 204 Å². The molecule has 0 saturated carbocycles. The van der Waals surface area contributed by atoms with Crippen molar-refractivity contribution in [1.29, 1.82) is 5.41 Å². The molecule has 3 heteroatoms. The van der Waals surface area contributed by atoms with E-state index in [4.69, 9.17) is 5.41 Å². The van der Waals surface area contributed by atoms with E-state index >= 15 is 0 Å². The molecule has 2 N–H and O–H groups in total. The van der Waals surface area contributed by atoms with Crippen LogP contribution >= 0.6 is 0 Å². The van der Waals surface area contributed by atoms with E-state index in [1.807, 2.05) is 19.2 Å². The number of nitrogens with one attached hydrogen (secondary N) is 2. The fourth-order valence-electron chi connectivity index (χ4n) is 3.81. The molecule has 1 heterocycles. The van der Waals surface area contributed by atoms with Crippen LogP contribution in [0.2, 0.25) is 0 Å². The molecule has 0 saturated heterocycles. The predicted molar refractivity (Wildman–Crippen MR) is 148 cm³/mol. The van der Waals surface area contributed by atoms with Crippen molar-refractivity contribution in [2.24, 2.45) is 0 Å². The van der Waals surface area contributed by atoms with Crippen molar-refractivity contribution < 1.29 is 0 Å². The Bertz CT molecular complexity index is 1200. The summed E-state index contributed by atoms with van der Waals surface area (Å²) in [4.78, 5) is 4.60. The van der Waals surface area contributed by atoms with Crippen molar-refractivity contribution >= 4 is 23.7 Å². The van der Waals surface area contributed by atoms with Gasteiger partial charge in [-0.3, -0.25) is 0 Å². The van der Waals surface area contributed by atoms with E-state index < -0.39 is 0 Å². The molecule has 0 unspecified atom stereocenters. The van der Waals surface area contributed by atoms with E-state index in [0.717, 1.165) is 28.9 Å². The van der Waals surface area contributed by atoms with Gasteiger partial charge in [0.2, 0.25) is 0 Å². The van der Waals surface area contributed by atoms with E-state index in [1.54, 1.807) is 0 Å². The standard InChI is InChI=1S/C31H35N3/c1-5-6-7-8-9-10-28-21-29(14-11-23(28)2)30-18-20-33-31(25(30)4)34-22-26-12-15-27(16-13-26)24(3)17-19-32/h7-21,32H,5-6,22H2,1-4H3,(H,33,34)/b8-7+,10-9-,24-17+,32-19?. The predicted octanol–water partition coefficient (Wildman–Crippen LogP) is 8.40. The molecule has 174 valence electrons. The third-order valence-electron chi connectivity index (χ3n) is 5.98. The average Bonchev–Trinajstić information content (AvgIpc) is 2.85. The smallest absolute Gasteiger partial charge is 0.129 e. The summed E-state index contributed by atoms with van der Waals surface area (Å²) in [5, 5.41) is 10.7. The van der Waals surface area contributed by atoms with Gasteiger partial charge in [0.1, 0.15) is 5.82 Å². The molecule has 34 heavy (non-hydrogen) atoms. The Kier molecular flexibility index (Phi) is 9.16. The van der Waals surface area contributed by atoms with Crippen LogP contribution in [0.5, 0.6) is 0 Å². The minimum Gasteiger partial charge on any atom is -0.366 e. The quantitative estimate of drug-likeness (QED) is 0.241. The lowest BCUT2D eigenvalue weighted by molar-refractivity contribution is 0.959. The summed E-state index contributed by atoms with van der Waals surface area (Å²) in [6.45, 7) is 9.20. The van der Waals surface area contributed by atoms with Crippen molar-refractivity contribution in [3.63, 3.8) is 0 Å². The maximum absolute atomic E-state index is 7.24. The van der Waals surface area contributed by atoms with Crippen molar-refractivity contribution in [3.8, 4) is 11.1 Å². The van der Waals surface area contributed by atoms with Gasteiger partial charge >= 0.3 is 0 Å². The van der Waals surface area contributed by atoms with Crippen LogP contribution in [0.4, 0.5) is 5.82 Å². The zero-order chi connectivity index (χ0) is 24.3. The Morgan fingerprint density at radius 1 is 1.03 bits per heavy atom. The lowest BCUT2D eigenvalue weighted by Crippen LogP contribution is -2.04. The largest absolute Gasteiger partial charge is 0.366 e. The summed E-state index contributed by atoms with van der Waals surface area (Å²) in [5.74, 6) is 0.904. The number of allylic oxidation sites excluding steroid dienone is 5. The highest BCUT2D eigenvalue weighted by atomic mass is 15.0. The monoisotopic (exact) mass is 449 g/mol. The van der Waals surface area contributed by atoms with Crippen LogP contribution in [0.3, 0.4) is 0 Å². The van der Waals surface area contributed by atoms with Crippen LogP contribution in [0, 0.1) is 19.3 Å². The van der Waals surface area contributed by atoms with E-state index in [1.165, 1.54) is 40.5 Å². The van der Waals surface area contributed by atoms with Crippen LogP contribution in [0.1, 0.15) is 54.5 Å². The zero-order valence-electron chi connectivity index (χ0n) is 20.7. The van der Waals surface area contributed by atoms with Gasteiger partial charge in [-0.05, 0) is 89.9 Å². The van der Waals surface area contributed by atoms with Gasteiger partial charge in [-0.25, -0.2) is 4.98 Å². The number of hydrogen-bond acceptors (Lipinski definition) is 3. The fraction of sp³-hybridized carbons (Fsp3) is 0.226. The zero-order valence-corrected chi connectivity index (χ0v) is 20.7. The van der Waals surface area contributed by atoms with Gasteiger partial charge in [0.15, 0.2) is 0 Å². The topological polar surface area (TPSA) is 48.8 Å². The molecule has 0 radical (unpaired) electrons. The third-order valence-corrected chi connectivity index (χ3v) is 5.98. The SMILES string of the molecule is CCC/C=C/C=C\c1cc(-c2ccnc(NCc3ccc(/C(C)=C/C=N)cc3)c2C)ccc1C. The lowest BCUT2D eigenvalue weighted by Gasteiger charge is -2.14. The van der Waals surface area contributed by atoms with Crippen molar-refractivity contribution in [3.05, 3.63) is 107 Å². The fourth-order valence-corrected chi connectivity index (χ4v) is 3.81. The molecule has 3 nitrogen and oxygen atoms in total. The van der Waals surface area contributed by atoms with Crippen molar-refractivity contribution in [1.82, 2.24) is 4.98 Å². The van der Waals surface area contributed by atoms with Gasteiger partial charge in [0.25, 0.3) is 0 Å². The number of rotatable bonds is 10. The molecule has 0 bridgehead atoms. The molecule has 0 aliphatic heterocycles. The van der Waals surface area contributed by atoms with Crippen molar-refractivity contribution in [2.75, 3.05) is 5.32 Å². The van der Waals surface area contributed by atoms with Crippen LogP contribution in [0.25, 0.3) is 22.8 Å². The van der Waals surface area contributed by atoms with Crippen LogP contribution < -0.4 is 5.32 Å². The summed E-state index contributed by atoms with van der Waals surface area (Å²) in [7, 11) is 0. The summed E-state index contributed by atoms with van der Waals surface area (Å²) < 4.78 is 0. The number of anilines is 1. The molecular formula is C31H35N3. The Hall–Kier alpha value is -3.72. The van der Waals surface area contributed by atoms with Gasteiger partial charge in [0, 0.05) is 19.0 Å². The molecular weight excluding hydrogens is 414 g/mol. The maximum atomic E-state index is 7.24. The second-order valence-corrected chi connectivity index (χ2v) is 8.55. The average molecular weight is 450 g/mol. The first-order valence-electron chi connectivity index (χ1n) is 11.9. The molecule has 0 aliphatic rings. The van der Waals surface area contributed by atoms with E-state index in [9.17, 15) is 0 Å². The molecule has 0 spiro atoms. The second kappa shape index (κ2) is 12.5. The Balaban J connectivity index is 1.76. The first kappa shape index (κ1) is 24.9. The van der Waals surface area contributed by atoms with Gasteiger partial charge in [-0.15, -0.1) is 0 Å². The Morgan fingerprint density at radius 2 is 1.82 bits per heavy atom. The highest BCUT2D eigenvalue weighted by Gasteiger charge is 2.09. The normalized spacial score (nSPS) is 11.9. The molecule has 0 aliphatic carbocycles. The van der Waals surface area contributed by atoms with Gasteiger partial charge in [-0.2, -0.15) is 0 Å². The van der Waals surface area contributed by atoms with Crippen molar-refractivity contribution in [2.45, 2.75) is 47.1 Å². The van der Waals surface area contributed by atoms with E-state index in [2.05, 4.69) is 104 Å². The number of benzene rings is 2. The maximum Gasteiger partial charge on any atom is 0.129 e. The number of pyridine rings is 1. The minimum atomic E-state index is 0.705. The molecule has 1 aromatic heterocycles. The number of unbranched alkanes of at least 4 members (excludes halogenated alkanes) is 1. The summed E-state index contributed by atoms with van der Waals surface area (Å²) in [6, 6.07) is 17.2. The third kappa shape index (κ3) is 6.64. The van der Waals surface area contributed by atoms with Gasteiger partial charge < -0.3 is 10.7 Å². The van der Waals surface area contributed by atoms with Gasteiger partial charge in [-0.1, -0.05) is 74.0 Å².